The number of rotatable bonds is 6. The van der Waals surface area contributed by atoms with Crippen molar-refractivity contribution in [2.75, 3.05) is 18.9 Å². The van der Waals surface area contributed by atoms with Crippen molar-refractivity contribution in [2.24, 2.45) is 5.73 Å². The van der Waals surface area contributed by atoms with Crippen LogP contribution in [-0.4, -0.2) is 45.5 Å². The Morgan fingerprint density at radius 3 is 3.00 bits per heavy atom. The minimum Gasteiger partial charge on any atom is -0.388 e. The third kappa shape index (κ3) is 3.36. The van der Waals surface area contributed by atoms with Crippen molar-refractivity contribution in [3.63, 3.8) is 0 Å². The number of nitrogens with zero attached hydrogens (tertiary/aromatic N) is 3. The zero-order valence-electron chi connectivity index (χ0n) is 10.8. The second-order valence-electron chi connectivity index (χ2n) is 4.76. The molecule has 1 fully saturated rings. The lowest BCUT2D eigenvalue weighted by molar-refractivity contribution is 0.257. The first kappa shape index (κ1) is 13.2. The number of nitrogens with two attached hydrogens (primary N) is 1. The fourth-order valence-electron chi connectivity index (χ4n) is 1.81. The van der Waals surface area contributed by atoms with Gasteiger partial charge in [0.05, 0.1) is 0 Å². The number of anilines is 1. The van der Waals surface area contributed by atoms with Gasteiger partial charge >= 0.3 is 0 Å². The summed E-state index contributed by atoms with van der Waals surface area (Å²) in [5, 5.41) is 3.22. The van der Waals surface area contributed by atoms with E-state index in [1.54, 1.807) is 12.3 Å². The Balaban J connectivity index is 1.89. The highest BCUT2D eigenvalue weighted by molar-refractivity contribution is 7.80. The highest BCUT2D eigenvalue weighted by atomic mass is 32.1. The summed E-state index contributed by atoms with van der Waals surface area (Å²) >= 11 is 4.89. The molecule has 1 unspecified atom stereocenters. The maximum absolute atomic E-state index is 5.54. The Kier molecular flexibility index (Phi) is 4.08. The van der Waals surface area contributed by atoms with Crippen LogP contribution in [0.4, 0.5) is 5.95 Å². The summed E-state index contributed by atoms with van der Waals surface area (Å²) in [6, 6.07) is 2.92. The summed E-state index contributed by atoms with van der Waals surface area (Å²) in [4.78, 5) is 11.1. The summed E-state index contributed by atoms with van der Waals surface area (Å²) < 4.78 is 0. The number of likely N-dealkylation sites (N-methyl/N-ethyl adjacent to an activating group) is 1. The summed E-state index contributed by atoms with van der Waals surface area (Å²) in [7, 11) is 2.16. The number of thiocarbonyl (C=S) groups is 1. The predicted molar refractivity (Wildman–Crippen MR) is 76.7 cm³/mol. The molecule has 2 rings (SSSR count). The number of hydrogen-bond donors (Lipinski definition) is 2. The fourth-order valence-corrected chi connectivity index (χ4v) is 1.92. The molecule has 0 aliphatic heterocycles. The van der Waals surface area contributed by atoms with Crippen molar-refractivity contribution in [3.8, 4) is 0 Å². The van der Waals surface area contributed by atoms with E-state index in [9.17, 15) is 0 Å². The van der Waals surface area contributed by atoms with E-state index in [2.05, 4.69) is 34.2 Å². The largest absolute Gasteiger partial charge is 0.388 e. The van der Waals surface area contributed by atoms with Gasteiger partial charge in [-0.1, -0.05) is 12.2 Å². The van der Waals surface area contributed by atoms with Gasteiger partial charge in [-0.3, -0.25) is 4.90 Å². The van der Waals surface area contributed by atoms with Gasteiger partial charge in [0.25, 0.3) is 0 Å². The van der Waals surface area contributed by atoms with Crippen LogP contribution >= 0.6 is 12.2 Å². The number of nitrogens with one attached hydrogen (secondary N) is 1. The zero-order valence-corrected chi connectivity index (χ0v) is 11.6. The van der Waals surface area contributed by atoms with Crippen LogP contribution in [0.2, 0.25) is 0 Å². The molecule has 1 aliphatic carbocycles. The lowest BCUT2D eigenvalue weighted by atomic mass is 10.3. The first-order chi connectivity index (χ1) is 8.58. The molecule has 1 saturated carbocycles. The first-order valence-electron chi connectivity index (χ1n) is 6.16. The van der Waals surface area contributed by atoms with E-state index in [4.69, 9.17) is 18.0 Å². The Morgan fingerprint density at radius 2 is 2.39 bits per heavy atom. The third-order valence-electron chi connectivity index (χ3n) is 3.28. The lowest BCUT2D eigenvalue weighted by Crippen LogP contribution is -2.36. The molecule has 0 saturated heterocycles. The Hall–Kier alpha value is -1.27. The number of aromatic nitrogens is 2. The fraction of sp³-hybridized carbons (Fsp3) is 0.583. The van der Waals surface area contributed by atoms with Gasteiger partial charge in [0.15, 0.2) is 0 Å². The molecule has 1 aliphatic rings. The summed E-state index contributed by atoms with van der Waals surface area (Å²) in [5.74, 6) is 0.580. The topological polar surface area (TPSA) is 67.1 Å². The molecule has 0 bridgehead atoms. The van der Waals surface area contributed by atoms with Gasteiger partial charge in [-0.05, 0) is 32.9 Å². The van der Waals surface area contributed by atoms with E-state index in [1.807, 2.05) is 0 Å². The van der Waals surface area contributed by atoms with Crippen molar-refractivity contribution in [2.45, 2.75) is 31.8 Å². The highest BCUT2D eigenvalue weighted by Gasteiger charge is 2.28. The van der Waals surface area contributed by atoms with Crippen molar-refractivity contribution in [1.29, 1.82) is 0 Å². The van der Waals surface area contributed by atoms with E-state index in [0.29, 0.717) is 22.7 Å². The van der Waals surface area contributed by atoms with Crippen LogP contribution in [0.1, 0.15) is 25.5 Å². The van der Waals surface area contributed by atoms with E-state index >= 15 is 0 Å². The Bertz CT molecular complexity index is 432. The van der Waals surface area contributed by atoms with Gasteiger partial charge in [-0.15, -0.1) is 0 Å². The normalized spacial score (nSPS) is 16.6. The molecule has 6 heteroatoms. The molecule has 0 spiro atoms. The molecule has 18 heavy (non-hydrogen) atoms. The van der Waals surface area contributed by atoms with Crippen LogP contribution < -0.4 is 11.1 Å². The first-order valence-corrected chi connectivity index (χ1v) is 6.57. The SMILES string of the molecule is CC(CNc1nccc(C(N)=S)n1)N(C)C1CC1. The Morgan fingerprint density at radius 1 is 1.67 bits per heavy atom. The summed E-state index contributed by atoms with van der Waals surface area (Å²) in [6.07, 6.45) is 4.29. The standard InChI is InChI=1S/C12H19N5S/c1-8(17(2)9-3-4-9)7-15-12-14-6-5-10(16-12)11(13)18/h5-6,8-9H,3-4,7H2,1-2H3,(H2,13,18)(H,14,15,16). The molecule has 0 radical (unpaired) electrons. The molecule has 1 aromatic heterocycles. The second-order valence-corrected chi connectivity index (χ2v) is 5.20. The lowest BCUT2D eigenvalue weighted by Gasteiger charge is -2.24. The van der Waals surface area contributed by atoms with Crippen LogP contribution in [0.15, 0.2) is 12.3 Å². The van der Waals surface area contributed by atoms with Crippen LogP contribution in [0.5, 0.6) is 0 Å². The molecule has 1 aromatic rings. The smallest absolute Gasteiger partial charge is 0.223 e. The summed E-state index contributed by atoms with van der Waals surface area (Å²) in [5.41, 5.74) is 6.14. The van der Waals surface area contributed by atoms with Gasteiger partial charge in [-0.25, -0.2) is 9.97 Å². The van der Waals surface area contributed by atoms with Crippen LogP contribution in [0.3, 0.4) is 0 Å². The van der Waals surface area contributed by atoms with Gasteiger partial charge in [0, 0.05) is 24.8 Å². The highest BCUT2D eigenvalue weighted by Crippen LogP contribution is 2.26. The molecule has 0 amide bonds. The van der Waals surface area contributed by atoms with Crippen molar-refractivity contribution in [3.05, 3.63) is 18.0 Å². The van der Waals surface area contributed by atoms with Gasteiger partial charge in [-0.2, -0.15) is 0 Å². The van der Waals surface area contributed by atoms with Gasteiger partial charge in [0.2, 0.25) is 5.95 Å². The molecule has 98 valence electrons. The predicted octanol–water partition coefficient (Wildman–Crippen LogP) is 1.01. The minimum atomic E-state index is 0.295. The van der Waals surface area contributed by atoms with Crippen molar-refractivity contribution >= 4 is 23.2 Å². The van der Waals surface area contributed by atoms with E-state index < -0.39 is 0 Å². The molecule has 3 N–H and O–H groups in total. The maximum atomic E-state index is 5.54. The quantitative estimate of drug-likeness (QED) is 0.748. The van der Waals surface area contributed by atoms with Crippen LogP contribution in [-0.2, 0) is 0 Å². The molecular formula is C12H19N5S. The van der Waals surface area contributed by atoms with Crippen molar-refractivity contribution < 1.29 is 0 Å². The van der Waals surface area contributed by atoms with Crippen LogP contribution in [0.25, 0.3) is 0 Å². The molecule has 5 nitrogen and oxygen atoms in total. The monoisotopic (exact) mass is 265 g/mol. The molecule has 1 atom stereocenters. The van der Waals surface area contributed by atoms with E-state index in [0.717, 1.165) is 12.6 Å². The van der Waals surface area contributed by atoms with E-state index in [1.165, 1.54) is 12.8 Å². The zero-order chi connectivity index (χ0) is 13.1. The Labute approximate surface area is 113 Å². The van der Waals surface area contributed by atoms with Gasteiger partial charge in [0.1, 0.15) is 10.7 Å². The average molecular weight is 265 g/mol. The minimum absolute atomic E-state index is 0.295. The maximum Gasteiger partial charge on any atom is 0.223 e. The van der Waals surface area contributed by atoms with E-state index in [-0.39, 0.29) is 0 Å². The van der Waals surface area contributed by atoms with Crippen LogP contribution in [0, 0.1) is 0 Å². The molecule has 1 heterocycles. The molecule has 0 aromatic carbocycles. The van der Waals surface area contributed by atoms with Crippen molar-refractivity contribution in [1.82, 2.24) is 14.9 Å². The third-order valence-corrected chi connectivity index (χ3v) is 3.49. The number of hydrogen-bond acceptors (Lipinski definition) is 5. The summed E-state index contributed by atoms with van der Waals surface area (Å²) in [6.45, 7) is 3.01. The average Bonchev–Trinajstić information content (AvgIpc) is 3.19. The second kappa shape index (κ2) is 5.58. The molecular weight excluding hydrogens is 246 g/mol. The van der Waals surface area contributed by atoms with Gasteiger partial charge < -0.3 is 11.1 Å².